The molecule has 1 nitrogen and oxygen atoms in total. The largest absolute Gasteiger partial charge is 0.393 e. The highest BCUT2D eigenvalue weighted by molar-refractivity contribution is 6.15. The number of rotatable bonds is 2. The van der Waals surface area contributed by atoms with E-state index in [-0.39, 0.29) is 6.10 Å². The van der Waals surface area contributed by atoms with Crippen LogP contribution in [-0.2, 0) is 0 Å². The minimum absolute atomic E-state index is 0.0211. The molecular formula is C9H20OSi. The fraction of sp³-hybridized carbons (Fsp3) is 1.00. The molecule has 1 saturated carbocycles. The molecule has 0 aromatic rings. The average Bonchev–Trinajstić information content (AvgIpc) is 1.86. The highest BCUT2D eigenvalue weighted by atomic mass is 28.1. The Morgan fingerprint density at radius 2 is 2.36 bits per heavy atom. The first-order chi connectivity index (χ1) is 5.16. The summed E-state index contributed by atoms with van der Waals surface area (Å²) in [7, 11) is 1.27. The molecule has 0 aliphatic heterocycles. The van der Waals surface area contributed by atoms with Crippen LogP contribution < -0.4 is 0 Å². The summed E-state index contributed by atoms with van der Waals surface area (Å²) in [4.78, 5) is 0. The first-order valence-corrected chi connectivity index (χ1v) is 5.84. The van der Waals surface area contributed by atoms with Gasteiger partial charge in [0.2, 0.25) is 0 Å². The molecule has 0 aromatic heterocycles. The highest BCUT2D eigenvalue weighted by Gasteiger charge is 2.29. The maximum absolute atomic E-state index is 9.49. The summed E-state index contributed by atoms with van der Waals surface area (Å²) >= 11 is 0. The second-order valence-electron chi connectivity index (χ2n) is 4.31. The van der Waals surface area contributed by atoms with Crippen LogP contribution in [0.1, 0.15) is 45.4 Å². The van der Waals surface area contributed by atoms with Gasteiger partial charge in [-0.3, -0.25) is 0 Å². The predicted molar refractivity (Wildman–Crippen MR) is 52.0 cm³/mol. The van der Waals surface area contributed by atoms with Gasteiger partial charge in [-0.1, -0.05) is 32.6 Å². The van der Waals surface area contributed by atoms with Crippen LogP contribution in [0.2, 0.25) is 5.04 Å². The molecule has 0 spiro atoms. The van der Waals surface area contributed by atoms with Crippen LogP contribution in [-0.4, -0.2) is 21.5 Å². The Kier molecular flexibility index (Phi) is 3.13. The molecule has 1 N–H and O–H groups in total. The van der Waals surface area contributed by atoms with Crippen LogP contribution in [0.15, 0.2) is 0 Å². The normalized spacial score (nSPS) is 39.3. The molecule has 0 heterocycles. The Labute approximate surface area is 72.6 Å². The van der Waals surface area contributed by atoms with Gasteiger partial charge in [0.25, 0.3) is 0 Å². The lowest BCUT2D eigenvalue weighted by Gasteiger charge is -2.36. The third-order valence-electron chi connectivity index (χ3n) is 2.90. The predicted octanol–water partition coefficient (Wildman–Crippen LogP) is 1.25. The van der Waals surface area contributed by atoms with E-state index in [0.29, 0.717) is 5.04 Å². The maximum Gasteiger partial charge on any atom is 0.0542 e. The standard InChI is InChI=1S/C9H20OSi/c1-2-5-9(11)6-3-4-8(10)7-9/h8,10H,2-7H2,1,11H3. The Morgan fingerprint density at radius 1 is 1.64 bits per heavy atom. The van der Waals surface area contributed by atoms with Crippen LogP contribution in [0.3, 0.4) is 0 Å². The molecule has 1 aliphatic carbocycles. The number of hydrogen-bond donors (Lipinski definition) is 1. The van der Waals surface area contributed by atoms with E-state index in [1.54, 1.807) is 0 Å². The molecular weight excluding hydrogens is 152 g/mol. The third kappa shape index (κ3) is 2.60. The van der Waals surface area contributed by atoms with E-state index in [1.807, 2.05) is 0 Å². The minimum Gasteiger partial charge on any atom is -0.393 e. The third-order valence-corrected chi connectivity index (χ3v) is 4.31. The zero-order chi connectivity index (χ0) is 8.32. The summed E-state index contributed by atoms with van der Waals surface area (Å²) in [5.41, 5.74) is 0. The molecule has 2 heteroatoms. The van der Waals surface area contributed by atoms with E-state index in [1.165, 1.54) is 35.9 Å². The summed E-state index contributed by atoms with van der Waals surface area (Å²) < 4.78 is 0. The van der Waals surface area contributed by atoms with Gasteiger partial charge in [0.1, 0.15) is 0 Å². The summed E-state index contributed by atoms with van der Waals surface area (Å²) in [6.07, 6.45) is 7.43. The van der Waals surface area contributed by atoms with Gasteiger partial charge in [0, 0.05) is 10.2 Å². The maximum atomic E-state index is 9.49. The lowest BCUT2D eigenvalue weighted by molar-refractivity contribution is 0.104. The van der Waals surface area contributed by atoms with Crippen molar-refractivity contribution in [3.8, 4) is 0 Å². The summed E-state index contributed by atoms with van der Waals surface area (Å²) in [6, 6.07) is 0. The fourth-order valence-electron chi connectivity index (χ4n) is 2.37. The molecule has 0 radical (unpaired) electrons. The first kappa shape index (κ1) is 9.27. The van der Waals surface area contributed by atoms with Gasteiger partial charge in [-0.05, 0) is 17.9 Å². The second-order valence-corrected chi connectivity index (χ2v) is 6.43. The molecule has 0 saturated heterocycles. The van der Waals surface area contributed by atoms with E-state index < -0.39 is 0 Å². The average molecular weight is 172 g/mol. The molecule has 0 amide bonds. The van der Waals surface area contributed by atoms with E-state index in [2.05, 4.69) is 6.92 Å². The van der Waals surface area contributed by atoms with Crippen molar-refractivity contribution in [2.75, 3.05) is 0 Å². The van der Waals surface area contributed by atoms with Gasteiger partial charge >= 0.3 is 0 Å². The monoisotopic (exact) mass is 172 g/mol. The van der Waals surface area contributed by atoms with E-state index >= 15 is 0 Å². The SMILES string of the molecule is CCCC1([SiH3])CCCC(O)C1. The zero-order valence-electron chi connectivity index (χ0n) is 7.77. The summed E-state index contributed by atoms with van der Waals surface area (Å²) in [5, 5.41) is 10.1. The molecule has 0 aromatic carbocycles. The van der Waals surface area contributed by atoms with Crippen molar-refractivity contribution in [2.24, 2.45) is 0 Å². The van der Waals surface area contributed by atoms with Crippen LogP contribution >= 0.6 is 0 Å². The van der Waals surface area contributed by atoms with E-state index in [9.17, 15) is 5.11 Å². The van der Waals surface area contributed by atoms with Crippen molar-refractivity contribution in [3.05, 3.63) is 0 Å². The molecule has 1 fully saturated rings. The van der Waals surface area contributed by atoms with Gasteiger partial charge in [-0.2, -0.15) is 0 Å². The smallest absolute Gasteiger partial charge is 0.0542 e. The minimum atomic E-state index is 0.0211. The van der Waals surface area contributed by atoms with Gasteiger partial charge in [-0.15, -0.1) is 0 Å². The van der Waals surface area contributed by atoms with Gasteiger partial charge in [0.05, 0.1) is 6.10 Å². The van der Waals surface area contributed by atoms with Crippen LogP contribution in [0.5, 0.6) is 0 Å². The first-order valence-electron chi connectivity index (χ1n) is 4.84. The number of hydrogen-bond acceptors (Lipinski definition) is 1. The van der Waals surface area contributed by atoms with Gasteiger partial charge in [-0.25, -0.2) is 0 Å². The van der Waals surface area contributed by atoms with Crippen LogP contribution in [0, 0.1) is 0 Å². The van der Waals surface area contributed by atoms with Gasteiger partial charge in [0.15, 0.2) is 0 Å². The van der Waals surface area contributed by atoms with Crippen LogP contribution in [0.25, 0.3) is 0 Å². The van der Waals surface area contributed by atoms with E-state index in [4.69, 9.17) is 0 Å². The topological polar surface area (TPSA) is 20.2 Å². The number of aliphatic hydroxyl groups excluding tert-OH is 1. The second kappa shape index (κ2) is 3.72. The molecule has 0 bridgehead atoms. The Morgan fingerprint density at radius 3 is 2.91 bits per heavy atom. The van der Waals surface area contributed by atoms with Crippen LogP contribution in [0.4, 0.5) is 0 Å². The Bertz CT molecular complexity index is 123. The molecule has 2 atom stereocenters. The summed E-state index contributed by atoms with van der Waals surface area (Å²) in [6.45, 7) is 2.25. The molecule has 2 unspecified atom stereocenters. The van der Waals surface area contributed by atoms with Crippen molar-refractivity contribution in [3.63, 3.8) is 0 Å². The van der Waals surface area contributed by atoms with Crippen molar-refractivity contribution in [2.45, 2.75) is 56.6 Å². The highest BCUT2D eigenvalue weighted by Crippen LogP contribution is 2.43. The quantitative estimate of drug-likeness (QED) is 0.622. The molecule has 11 heavy (non-hydrogen) atoms. The van der Waals surface area contributed by atoms with Gasteiger partial charge < -0.3 is 5.11 Å². The molecule has 66 valence electrons. The molecule has 1 aliphatic rings. The Hall–Kier alpha value is 0.177. The fourth-order valence-corrected chi connectivity index (χ4v) is 3.69. The van der Waals surface area contributed by atoms with Crippen molar-refractivity contribution >= 4 is 10.2 Å². The lowest BCUT2D eigenvalue weighted by Crippen LogP contribution is -2.25. The molecule has 1 rings (SSSR count). The zero-order valence-corrected chi connectivity index (χ0v) is 9.77. The summed E-state index contributed by atoms with van der Waals surface area (Å²) in [5.74, 6) is 0. The van der Waals surface area contributed by atoms with Crippen molar-refractivity contribution < 1.29 is 5.11 Å². The van der Waals surface area contributed by atoms with Crippen molar-refractivity contribution in [1.29, 1.82) is 0 Å². The Balaban J connectivity index is 2.41. The van der Waals surface area contributed by atoms with Crippen molar-refractivity contribution in [1.82, 2.24) is 0 Å². The number of aliphatic hydroxyl groups is 1. The lowest BCUT2D eigenvalue weighted by atomic mass is 9.83. The van der Waals surface area contributed by atoms with E-state index in [0.717, 1.165) is 12.8 Å².